The molecule has 4 heteroatoms. The summed E-state index contributed by atoms with van der Waals surface area (Å²) in [5.74, 6) is 0. The molecule has 0 heterocycles. The van der Waals surface area contributed by atoms with Gasteiger partial charge in [0.25, 0.3) is 0 Å². The average molecular weight is 180 g/mol. The molecule has 62 valence electrons. The summed E-state index contributed by atoms with van der Waals surface area (Å²) in [6, 6.07) is 0. The number of nitrogens with zero attached hydrogens (tertiary/aromatic N) is 2. The first-order chi connectivity index (χ1) is 4.45. The molecule has 0 aromatic rings. The first kappa shape index (κ1) is 10.6. The fourth-order valence-electron chi connectivity index (χ4n) is 0.923. The Bertz CT molecular complexity index is 133. The highest BCUT2D eigenvalue weighted by atomic mass is 32.4. The maximum absolute atomic E-state index is 5.51. The molecule has 0 spiro atoms. The summed E-state index contributed by atoms with van der Waals surface area (Å²) in [6.45, 7) is 2.15. The monoisotopic (exact) mass is 180 g/mol. The Kier molecular flexibility index (Phi) is 4.03. The molecule has 0 unspecified atom stereocenters. The van der Waals surface area contributed by atoms with E-state index in [1.807, 2.05) is 0 Å². The minimum Gasteiger partial charge on any atom is -0.270 e. The Morgan fingerprint density at radius 3 is 1.40 bits per heavy atom. The number of hydrogen-bond donors (Lipinski definition) is 0. The van der Waals surface area contributed by atoms with E-state index in [-0.39, 0.29) is 0 Å². The van der Waals surface area contributed by atoms with Gasteiger partial charge in [-0.1, -0.05) is 18.7 Å². The Balaban J connectivity index is 4.40. The zero-order valence-electron chi connectivity index (χ0n) is 7.46. The van der Waals surface area contributed by atoms with E-state index < -0.39 is 6.34 Å². The summed E-state index contributed by atoms with van der Waals surface area (Å²) in [7, 11) is 8.24. The van der Waals surface area contributed by atoms with Gasteiger partial charge in [-0.2, -0.15) is 0 Å². The lowest BCUT2D eigenvalue weighted by Crippen LogP contribution is -2.21. The van der Waals surface area contributed by atoms with Crippen molar-refractivity contribution in [2.24, 2.45) is 0 Å². The van der Waals surface area contributed by atoms with Gasteiger partial charge in [0.1, 0.15) is 0 Å². The molecule has 10 heavy (non-hydrogen) atoms. The molecule has 0 radical (unpaired) electrons. The number of rotatable bonds is 3. The normalized spacial score (nSPS) is 13.1. The van der Waals surface area contributed by atoms with Crippen molar-refractivity contribution in [3.63, 3.8) is 0 Å². The minimum absolute atomic E-state index is 1.07. The molecular formula is C6H17N2PS. The summed E-state index contributed by atoms with van der Waals surface area (Å²) >= 11 is 5.51. The molecule has 0 aliphatic heterocycles. The van der Waals surface area contributed by atoms with Gasteiger partial charge in [0.05, 0.1) is 6.34 Å². The molecule has 0 aliphatic rings. The highest BCUT2D eigenvalue weighted by Gasteiger charge is 2.18. The first-order valence-corrected chi connectivity index (χ1v) is 6.29. The van der Waals surface area contributed by atoms with Crippen molar-refractivity contribution in [3.8, 4) is 0 Å². The molecule has 0 bridgehead atoms. The molecule has 0 atom stereocenters. The third-order valence-corrected chi connectivity index (χ3v) is 7.72. The highest BCUT2D eigenvalue weighted by Crippen LogP contribution is 2.48. The Hall–Kier alpha value is 0.570. The Morgan fingerprint density at radius 2 is 1.40 bits per heavy atom. The Labute approximate surface area is 69.3 Å². The second-order valence-electron chi connectivity index (χ2n) is 2.68. The van der Waals surface area contributed by atoms with Crippen molar-refractivity contribution in [1.82, 2.24) is 9.34 Å². The van der Waals surface area contributed by atoms with Crippen LogP contribution in [0.1, 0.15) is 6.92 Å². The van der Waals surface area contributed by atoms with Crippen LogP contribution < -0.4 is 0 Å². The second kappa shape index (κ2) is 3.82. The van der Waals surface area contributed by atoms with E-state index in [9.17, 15) is 0 Å². The lowest BCUT2D eigenvalue weighted by Gasteiger charge is -2.33. The van der Waals surface area contributed by atoms with Crippen LogP contribution in [0.5, 0.6) is 0 Å². The molecule has 0 saturated carbocycles. The van der Waals surface area contributed by atoms with Crippen LogP contribution in [-0.2, 0) is 11.8 Å². The highest BCUT2D eigenvalue weighted by molar-refractivity contribution is 8.12. The van der Waals surface area contributed by atoms with Gasteiger partial charge in [-0.15, -0.1) is 0 Å². The maximum atomic E-state index is 5.51. The van der Waals surface area contributed by atoms with E-state index in [4.69, 9.17) is 11.8 Å². The van der Waals surface area contributed by atoms with Gasteiger partial charge in [0.2, 0.25) is 0 Å². The van der Waals surface area contributed by atoms with Crippen molar-refractivity contribution in [1.29, 1.82) is 0 Å². The summed E-state index contributed by atoms with van der Waals surface area (Å²) < 4.78 is 4.34. The van der Waals surface area contributed by atoms with E-state index in [2.05, 4.69) is 44.5 Å². The molecule has 0 aliphatic carbocycles. The third-order valence-electron chi connectivity index (χ3n) is 1.66. The van der Waals surface area contributed by atoms with Crippen LogP contribution in [0, 0.1) is 0 Å². The van der Waals surface area contributed by atoms with Crippen molar-refractivity contribution < 1.29 is 0 Å². The van der Waals surface area contributed by atoms with Crippen molar-refractivity contribution in [3.05, 3.63) is 0 Å². The van der Waals surface area contributed by atoms with Gasteiger partial charge in [-0.25, -0.2) is 0 Å². The van der Waals surface area contributed by atoms with Gasteiger partial charge < -0.3 is 0 Å². The van der Waals surface area contributed by atoms with E-state index in [1.54, 1.807) is 0 Å². The smallest absolute Gasteiger partial charge is 0.0762 e. The van der Waals surface area contributed by atoms with Crippen LogP contribution in [0.25, 0.3) is 0 Å². The zero-order valence-corrected chi connectivity index (χ0v) is 9.17. The lowest BCUT2D eigenvalue weighted by atomic mass is 11.0. The van der Waals surface area contributed by atoms with Crippen molar-refractivity contribution in [2.45, 2.75) is 6.92 Å². The summed E-state index contributed by atoms with van der Waals surface area (Å²) in [5, 5.41) is 0. The largest absolute Gasteiger partial charge is 0.270 e. The molecular weight excluding hydrogens is 163 g/mol. The zero-order chi connectivity index (χ0) is 8.36. The minimum atomic E-state index is -1.34. The van der Waals surface area contributed by atoms with Crippen LogP contribution >= 0.6 is 6.34 Å². The van der Waals surface area contributed by atoms with Crippen LogP contribution in [0.15, 0.2) is 0 Å². The van der Waals surface area contributed by atoms with Gasteiger partial charge in [-0.05, 0) is 34.4 Å². The van der Waals surface area contributed by atoms with E-state index in [1.165, 1.54) is 0 Å². The summed E-state index contributed by atoms with van der Waals surface area (Å²) in [5.41, 5.74) is 0. The topological polar surface area (TPSA) is 6.48 Å². The standard InChI is InChI=1S/C6H17N2PS/c1-6-9(10,7(2)3)8(4)5/h6H2,1-5H3. The Morgan fingerprint density at radius 1 is 1.10 bits per heavy atom. The molecule has 2 nitrogen and oxygen atoms in total. The summed E-state index contributed by atoms with van der Waals surface area (Å²) in [4.78, 5) is 0. The average Bonchev–Trinajstić information content (AvgIpc) is 1.85. The second-order valence-corrected chi connectivity index (χ2v) is 7.99. The fourth-order valence-corrected chi connectivity index (χ4v) is 2.77. The quantitative estimate of drug-likeness (QED) is 0.607. The fraction of sp³-hybridized carbons (Fsp3) is 1.00. The van der Waals surface area contributed by atoms with Crippen molar-refractivity contribution >= 4 is 18.1 Å². The molecule has 0 saturated heterocycles. The molecule has 0 N–H and O–H groups in total. The van der Waals surface area contributed by atoms with Crippen LogP contribution in [0.3, 0.4) is 0 Å². The SMILES string of the molecule is CCP(=S)(N(C)C)N(C)C. The predicted molar refractivity (Wildman–Crippen MR) is 52.2 cm³/mol. The molecule has 0 amide bonds. The van der Waals surface area contributed by atoms with Crippen LogP contribution in [0.2, 0.25) is 0 Å². The number of hydrogen-bond acceptors (Lipinski definition) is 1. The summed E-state index contributed by atoms with van der Waals surface area (Å²) in [6.07, 6.45) is -0.272. The van der Waals surface area contributed by atoms with Gasteiger partial charge in [0.15, 0.2) is 0 Å². The molecule has 0 aromatic carbocycles. The van der Waals surface area contributed by atoms with Gasteiger partial charge >= 0.3 is 0 Å². The molecule has 0 fully saturated rings. The van der Waals surface area contributed by atoms with Gasteiger partial charge in [0, 0.05) is 0 Å². The van der Waals surface area contributed by atoms with Crippen LogP contribution in [0.4, 0.5) is 0 Å². The van der Waals surface area contributed by atoms with E-state index in [0.29, 0.717) is 0 Å². The van der Waals surface area contributed by atoms with E-state index >= 15 is 0 Å². The van der Waals surface area contributed by atoms with E-state index in [0.717, 1.165) is 6.16 Å². The third kappa shape index (κ3) is 2.03. The van der Waals surface area contributed by atoms with Crippen LogP contribution in [-0.4, -0.2) is 43.7 Å². The molecule has 0 aromatic heterocycles. The van der Waals surface area contributed by atoms with Gasteiger partial charge in [-0.3, -0.25) is 9.34 Å². The molecule has 0 rings (SSSR count). The maximum Gasteiger partial charge on any atom is 0.0762 e. The lowest BCUT2D eigenvalue weighted by molar-refractivity contribution is 0.571. The predicted octanol–water partition coefficient (Wildman–Crippen LogP) is 1.44. The first-order valence-electron chi connectivity index (χ1n) is 3.39. The van der Waals surface area contributed by atoms with Crippen molar-refractivity contribution in [2.75, 3.05) is 34.4 Å².